The van der Waals surface area contributed by atoms with Crippen LogP contribution in [0, 0.1) is 0 Å². The van der Waals surface area contributed by atoms with E-state index in [0.717, 1.165) is 5.56 Å². The minimum atomic E-state index is -0.664. The molecule has 0 saturated carbocycles. The molecular formula is C13H19N3O3. The number of nitrogens with zero attached hydrogens (tertiary/aromatic N) is 1. The van der Waals surface area contributed by atoms with Gasteiger partial charge in [0, 0.05) is 7.05 Å². The minimum absolute atomic E-state index is 0.0275. The van der Waals surface area contributed by atoms with Crippen molar-refractivity contribution in [2.75, 3.05) is 20.7 Å². The Morgan fingerprint density at radius 1 is 1.37 bits per heavy atom. The molecule has 1 aromatic carbocycles. The van der Waals surface area contributed by atoms with Crippen LogP contribution in [-0.4, -0.2) is 43.6 Å². The molecule has 0 radical (unpaired) electrons. The molecule has 1 rings (SSSR count). The normalized spacial score (nSPS) is 12.0. The summed E-state index contributed by atoms with van der Waals surface area (Å²) in [5.74, 6) is -0.769. The summed E-state index contributed by atoms with van der Waals surface area (Å²) < 4.78 is 4.50. The highest BCUT2D eigenvalue weighted by Gasteiger charge is 2.16. The second-order valence-corrected chi connectivity index (χ2v) is 4.20. The van der Waals surface area contributed by atoms with Crippen LogP contribution in [0.15, 0.2) is 30.3 Å². The van der Waals surface area contributed by atoms with Crippen LogP contribution >= 0.6 is 0 Å². The number of ether oxygens (including phenoxy) is 1. The highest BCUT2D eigenvalue weighted by molar-refractivity contribution is 5.81. The lowest BCUT2D eigenvalue weighted by Crippen LogP contribution is -2.50. The fourth-order valence-electron chi connectivity index (χ4n) is 1.53. The van der Waals surface area contributed by atoms with Crippen molar-refractivity contribution >= 4 is 11.9 Å². The molecule has 19 heavy (non-hydrogen) atoms. The second kappa shape index (κ2) is 7.50. The monoisotopic (exact) mass is 265 g/mol. The average molecular weight is 265 g/mol. The number of hydrogen-bond acceptors (Lipinski definition) is 5. The van der Waals surface area contributed by atoms with Crippen LogP contribution in [0.4, 0.5) is 0 Å². The van der Waals surface area contributed by atoms with Crippen molar-refractivity contribution in [2.45, 2.75) is 12.5 Å². The van der Waals surface area contributed by atoms with Gasteiger partial charge in [-0.1, -0.05) is 30.3 Å². The van der Waals surface area contributed by atoms with E-state index >= 15 is 0 Å². The van der Waals surface area contributed by atoms with E-state index in [2.05, 4.69) is 10.2 Å². The van der Waals surface area contributed by atoms with Crippen LogP contribution < -0.4 is 11.2 Å². The Kier molecular flexibility index (Phi) is 5.98. The number of esters is 1. The molecule has 0 aromatic heterocycles. The zero-order valence-electron chi connectivity index (χ0n) is 11.1. The van der Waals surface area contributed by atoms with Crippen molar-refractivity contribution in [3.63, 3.8) is 0 Å². The zero-order valence-corrected chi connectivity index (χ0v) is 11.1. The molecule has 6 heteroatoms. The number of carbonyl (C=O) groups excluding carboxylic acids is 2. The Labute approximate surface area is 112 Å². The first-order chi connectivity index (χ1) is 9.02. The molecule has 0 heterocycles. The van der Waals surface area contributed by atoms with Crippen molar-refractivity contribution in [1.82, 2.24) is 10.4 Å². The van der Waals surface area contributed by atoms with Crippen LogP contribution in [0.3, 0.4) is 0 Å². The van der Waals surface area contributed by atoms with E-state index in [4.69, 9.17) is 5.73 Å². The molecule has 1 amide bonds. The highest BCUT2D eigenvalue weighted by atomic mass is 16.5. The summed E-state index contributed by atoms with van der Waals surface area (Å²) in [6.07, 6.45) is 0.443. The maximum absolute atomic E-state index is 11.8. The Morgan fingerprint density at radius 2 is 2.00 bits per heavy atom. The van der Waals surface area contributed by atoms with Gasteiger partial charge in [0.1, 0.15) is 6.54 Å². The number of rotatable bonds is 6. The Hall–Kier alpha value is -1.92. The summed E-state index contributed by atoms with van der Waals surface area (Å²) in [7, 11) is 2.86. The summed E-state index contributed by atoms with van der Waals surface area (Å²) in [5, 5.41) is 1.35. The van der Waals surface area contributed by atoms with Gasteiger partial charge >= 0.3 is 5.97 Å². The molecule has 0 spiro atoms. The fraction of sp³-hybridized carbons (Fsp3) is 0.385. The third-order valence-electron chi connectivity index (χ3n) is 2.53. The highest BCUT2D eigenvalue weighted by Crippen LogP contribution is 2.01. The van der Waals surface area contributed by atoms with Gasteiger partial charge in [-0.2, -0.15) is 0 Å². The van der Waals surface area contributed by atoms with Gasteiger partial charge in [0.15, 0.2) is 0 Å². The first-order valence-corrected chi connectivity index (χ1v) is 5.91. The average Bonchev–Trinajstić information content (AvgIpc) is 2.39. The molecule has 6 nitrogen and oxygen atoms in total. The van der Waals surface area contributed by atoms with E-state index in [-0.39, 0.29) is 12.5 Å². The first-order valence-electron chi connectivity index (χ1n) is 5.91. The molecule has 104 valence electrons. The second-order valence-electron chi connectivity index (χ2n) is 4.20. The van der Waals surface area contributed by atoms with Crippen molar-refractivity contribution in [1.29, 1.82) is 0 Å². The lowest BCUT2D eigenvalue weighted by molar-refractivity contribution is -0.143. The lowest BCUT2D eigenvalue weighted by atomic mass is 10.1. The zero-order chi connectivity index (χ0) is 14.3. The number of nitrogens with one attached hydrogen (secondary N) is 1. The van der Waals surface area contributed by atoms with Crippen molar-refractivity contribution in [2.24, 2.45) is 5.73 Å². The maximum Gasteiger partial charge on any atom is 0.321 e. The van der Waals surface area contributed by atoms with E-state index in [1.54, 1.807) is 7.05 Å². The molecule has 0 aliphatic carbocycles. The smallest absolute Gasteiger partial charge is 0.321 e. The quantitative estimate of drug-likeness (QED) is 0.544. The molecule has 0 aliphatic rings. The van der Waals surface area contributed by atoms with Gasteiger partial charge in [-0.3, -0.25) is 15.0 Å². The summed E-state index contributed by atoms with van der Waals surface area (Å²) >= 11 is 0. The molecule has 0 saturated heterocycles. The van der Waals surface area contributed by atoms with Gasteiger partial charge in [0.05, 0.1) is 13.2 Å². The van der Waals surface area contributed by atoms with Gasteiger partial charge in [-0.05, 0) is 12.0 Å². The molecule has 1 atom stereocenters. The van der Waals surface area contributed by atoms with Crippen molar-refractivity contribution < 1.29 is 14.3 Å². The van der Waals surface area contributed by atoms with Crippen LogP contribution in [-0.2, 0) is 20.7 Å². The number of nitrogens with two attached hydrogens (primary N) is 1. The number of amides is 1. The van der Waals surface area contributed by atoms with Gasteiger partial charge in [-0.15, -0.1) is 0 Å². The van der Waals surface area contributed by atoms with Gasteiger partial charge in [-0.25, -0.2) is 5.01 Å². The summed E-state index contributed by atoms with van der Waals surface area (Å²) in [5.41, 5.74) is 9.33. The molecule has 0 bridgehead atoms. The third-order valence-corrected chi connectivity index (χ3v) is 2.53. The number of hydrazine groups is 1. The predicted molar refractivity (Wildman–Crippen MR) is 70.9 cm³/mol. The summed E-state index contributed by atoms with van der Waals surface area (Å²) in [4.78, 5) is 22.8. The molecule has 0 unspecified atom stereocenters. The van der Waals surface area contributed by atoms with Gasteiger partial charge in [0.2, 0.25) is 0 Å². The lowest BCUT2D eigenvalue weighted by Gasteiger charge is -2.19. The van der Waals surface area contributed by atoms with Gasteiger partial charge in [0.25, 0.3) is 5.91 Å². The van der Waals surface area contributed by atoms with E-state index in [9.17, 15) is 9.59 Å². The van der Waals surface area contributed by atoms with Crippen LogP contribution in [0.2, 0.25) is 0 Å². The van der Waals surface area contributed by atoms with Crippen molar-refractivity contribution in [3.05, 3.63) is 35.9 Å². The molecule has 1 aromatic rings. The number of benzene rings is 1. The van der Waals surface area contributed by atoms with Crippen LogP contribution in [0.25, 0.3) is 0 Å². The Morgan fingerprint density at radius 3 is 2.58 bits per heavy atom. The van der Waals surface area contributed by atoms with E-state index < -0.39 is 12.0 Å². The molecule has 3 N–H and O–H groups in total. The number of likely N-dealkylation sites (N-methyl/N-ethyl adjacent to an activating group) is 1. The molecular weight excluding hydrogens is 246 g/mol. The summed E-state index contributed by atoms with van der Waals surface area (Å²) in [6.45, 7) is -0.0275. The summed E-state index contributed by atoms with van der Waals surface area (Å²) in [6, 6.07) is 8.84. The Balaban J connectivity index is 2.42. The maximum atomic E-state index is 11.8. The molecule has 0 aliphatic heterocycles. The first kappa shape index (κ1) is 15.1. The van der Waals surface area contributed by atoms with E-state index in [0.29, 0.717) is 6.42 Å². The number of hydrogen-bond donors (Lipinski definition) is 2. The number of methoxy groups -OCH3 is 1. The standard InChI is InChI=1S/C13H19N3O3/c1-16(9-12(17)19-2)15-13(18)11(14)8-10-6-4-3-5-7-10/h3-7,11H,8-9,14H2,1-2H3,(H,15,18)/t11-/m0/s1. The Bertz CT molecular complexity index is 422. The number of carbonyl (C=O) groups is 2. The topological polar surface area (TPSA) is 84.7 Å². The van der Waals surface area contributed by atoms with E-state index in [1.807, 2.05) is 30.3 Å². The fourth-order valence-corrected chi connectivity index (χ4v) is 1.53. The van der Waals surface area contributed by atoms with Crippen LogP contribution in [0.1, 0.15) is 5.56 Å². The largest absolute Gasteiger partial charge is 0.468 e. The van der Waals surface area contributed by atoms with E-state index in [1.165, 1.54) is 12.1 Å². The minimum Gasteiger partial charge on any atom is -0.468 e. The third kappa shape index (κ3) is 5.50. The predicted octanol–water partition coefficient (Wildman–Crippen LogP) is -0.308. The van der Waals surface area contributed by atoms with Gasteiger partial charge < -0.3 is 10.5 Å². The van der Waals surface area contributed by atoms with Crippen molar-refractivity contribution in [3.8, 4) is 0 Å². The SMILES string of the molecule is COC(=O)CN(C)NC(=O)[C@@H](N)Cc1ccccc1. The molecule has 0 fully saturated rings. The van der Waals surface area contributed by atoms with Crippen LogP contribution in [0.5, 0.6) is 0 Å².